The third-order valence-electron chi connectivity index (χ3n) is 14.3. The van der Waals surface area contributed by atoms with Crippen molar-refractivity contribution >= 4 is 29.8 Å². The van der Waals surface area contributed by atoms with Gasteiger partial charge in [0.25, 0.3) is 0 Å². The van der Waals surface area contributed by atoms with E-state index in [0.29, 0.717) is 32.1 Å². The summed E-state index contributed by atoms with van der Waals surface area (Å²) >= 11 is 0. The summed E-state index contributed by atoms with van der Waals surface area (Å²) in [6.45, 7) is 18.6. The van der Waals surface area contributed by atoms with Crippen molar-refractivity contribution in [3.05, 3.63) is 11.6 Å². The van der Waals surface area contributed by atoms with Crippen molar-refractivity contribution in [2.75, 3.05) is 6.61 Å². The predicted octanol–water partition coefficient (Wildman–Crippen LogP) is 6.43. The van der Waals surface area contributed by atoms with Crippen LogP contribution in [0, 0.1) is 50.2 Å². The first-order chi connectivity index (χ1) is 22.1. The monoisotopic (exact) mass is 672 g/mol. The summed E-state index contributed by atoms with van der Waals surface area (Å²) in [7, 11) is 0. The van der Waals surface area contributed by atoms with E-state index in [-0.39, 0.29) is 35.2 Å². The van der Waals surface area contributed by atoms with Gasteiger partial charge in [-0.05, 0) is 84.9 Å². The molecule has 48 heavy (non-hydrogen) atoms. The summed E-state index contributed by atoms with van der Waals surface area (Å²) in [5.74, 6) is -3.07. The van der Waals surface area contributed by atoms with Crippen molar-refractivity contribution in [1.29, 1.82) is 0 Å². The number of carboxylic acid groups (broad SMARTS) is 1. The maximum absolute atomic E-state index is 13.4. The average molecular weight is 673 g/mol. The second kappa shape index (κ2) is 11.9. The number of ether oxygens (including phenoxy) is 4. The zero-order valence-electron chi connectivity index (χ0n) is 30.5. The van der Waals surface area contributed by atoms with Gasteiger partial charge in [0.2, 0.25) is 0 Å². The van der Waals surface area contributed by atoms with E-state index < -0.39 is 69.8 Å². The number of esters is 4. The number of fused-ring (bicyclic) bond motifs is 7. The fourth-order valence-corrected chi connectivity index (χ4v) is 12.1. The molecule has 1 N–H and O–H groups in total. The van der Waals surface area contributed by atoms with Gasteiger partial charge in [0.1, 0.15) is 30.3 Å². The number of hydrogen-bond acceptors (Lipinski definition) is 9. The predicted molar refractivity (Wildman–Crippen MR) is 175 cm³/mol. The van der Waals surface area contributed by atoms with E-state index in [2.05, 4.69) is 40.7 Å². The molecule has 0 aliphatic heterocycles. The third kappa shape index (κ3) is 5.38. The second-order valence-corrected chi connectivity index (χ2v) is 17.5. The number of hydrogen-bond donors (Lipinski definition) is 1. The minimum Gasteiger partial charge on any atom is -0.481 e. The van der Waals surface area contributed by atoms with Crippen LogP contribution in [0.2, 0.25) is 0 Å². The number of carbonyl (C=O) groups excluding carboxylic acids is 4. The lowest BCUT2D eigenvalue weighted by Gasteiger charge is -2.72. The minimum atomic E-state index is -1.19. The fraction of sp³-hybridized carbons (Fsp3) is 0.816. The largest absolute Gasteiger partial charge is 0.481 e. The molecule has 5 rings (SSSR count). The van der Waals surface area contributed by atoms with Crippen molar-refractivity contribution in [3.63, 3.8) is 0 Å². The van der Waals surface area contributed by atoms with Gasteiger partial charge < -0.3 is 24.1 Å². The van der Waals surface area contributed by atoms with Gasteiger partial charge in [0, 0.05) is 39.0 Å². The first-order valence-electron chi connectivity index (χ1n) is 17.7. The molecule has 0 amide bonds. The Hall–Kier alpha value is -2.91. The van der Waals surface area contributed by atoms with Gasteiger partial charge in [0.05, 0.1) is 0 Å². The Kier molecular flexibility index (Phi) is 8.99. The molecule has 0 radical (unpaired) electrons. The molecular weight excluding hydrogens is 616 g/mol. The van der Waals surface area contributed by atoms with E-state index >= 15 is 0 Å². The molecule has 5 aliphatic carbocycles. The van der Waals surface area contributed by atoms with Crippen molar-refractivity contribution in [1.82, 2.24) is 0 Å². The van der Waals surface area contributed by atoms with Gasteiger partial charge in [0.15, 0.2) is 0 Å². The first-order valence-corrected chi connectivity index (χ1v) is 17.7. The zero-order valence-corrected chi connectivity index (χ0v) is 30.5. The Morgan fingerprint density at radius 1 is 0.771 bits per heavy atom. The Morgan fingerprint density at radius 2 is 1.40 bits per heavy atom. The van der Waals surface area contributed by atoms with E-state index in [1.54, 1.807) is 0 Å². The summed E-state index contributed by atoms with van der Waals surface area (Å²) in [4.78, 5) is 63.2. The molecule has 11 atom stereocenters. The molecule has 0 aromatic heterocycles. The van der Waals surface area contributed by atoms with Crippen LogP contribution < -0.4 is 0 Å². The van der Waals surface area contributed by atoms with E-state index in [9.17, 15) is 29.1 Å². The van der Waals surface area contributed by atoms with Crippen LogP contribution in [0.1, 0.15) is 121 Å². The van der Waals surface area contributed by atoms with Gasteiger partial charge >= 0.3 is 29.8 Å². The molecule has 0 saturated heterocycles. The van der Waals surface area contributed by atoms with Crippen molar-refractivity contribution < 1.29 is 48.0 Å². The lowest BCUT2D eigenvalue weighted by Crippen LogP contribution is -2.70. The van der Waals surface area contributed by atoms with Crippen LogP contribution in [-0.2, 0) is 42.9 Å². The summed E-state index contributed by atoms with van der Waals surface area (Å²) in [6, 6.07) is 0. The highest BCUT2D eigenvalue weighted by Crippen LogP contribution is 2.76. The quantitative estimate of drug-likeness (QED) is 0.191. The topological polar surface area (TPSA) is 143 Å². The molecule has 10 nitrogen and oxygen atoms in total. The van der Waals surface area contributed by atoms with Crippen molar-refractivity contribution in [3.8, 4) is 0 Å². The van der Waals surface area contributed by atoms with Gasteiger partial charge in [-0.15, -0.1) is 0 Å². The van der Waals surface area contributed by atoms with E-state index in [1.807, 2.05) is 6.92 Å². The fourth-order valence-electron chi connectivity index (χ4n) is 12.1. The minimum absolute atomic E-state index is 0.00685. The first kappa shape index (κ1) is 36.4. The summed E-state index contributed by atoms with van der Waals surface area (Å²) in [5.41, 5.74) is -2.22. The maximum atomic E-state index is 13.4. The Labute approximate surface area is 285 Å². The van der Waals surface area contributed by atoms with Gasteiger partial charge in [-0.2, -0.15) is 0 Å². The molecular formula is C38H56O10. The van der Waals surface area contributed by atoms with Crippen molar-refractivity contribution in [2.45, 2.75) is 139 Å². The number of rotatable bonds is 6. The maximum Gasteiger partial charge on any atom is 0.314 e. The highest BCUT2D eigenvalue weighted by atomic mass is 16.6. The van der Waals surface area contributed by atoms with E-state index in [0.717, 1.165) is 19.3 Å². The van der Waals surface area contributed by atoms with Crippen LogP contribution in [0.25, 0.3) is 0 Å². The molecule has 0 unspecified atom stereocenters. The molecule has 4 fully saturated rings. The Morgan fingerprint density at radius 3 is 1.96 bits per heavy atom. The Balaban J connectivity index is 1.67. The highest BCUT2D eigenvalue weighted by molar-refractivity contribution is 5.79. The lowest BCUT2D eigenvalue weighted by molar-refractivity contribution is -0.259. The molecule has 0 spiro atoms. The van der Waals surface area contributed by atoms with Crippen LogP contribution in [0.15, 0.2) is 11.6 Å². The van der Waals surface area contributed by atoms with Crippen LogP contribution in [-0.4, -0.2) is 59.9 Å². The molecule has 0 aromatic rings. The summed E-state index contributed by atoms with van der Waals surface area (Å²) < 4.78 is 23.7. The van der Waals surface area contributed by atoms with Gasteiger partial charge in [-0.1, -0.05) is 53.2 Å². The zero-order chi connectivity index (χ0) is 35.8. The van der Waals surface area contributed by atoms with Crippen LogP contribution >= 0.6 is 0 Å². The number of carbonyl (C=O) groups is 5. The normalized spacial score (nSPS) is 44.2. The average Bonchev–Trinajstić information content (AvgIpc) is 2.93. The lowest BCUT2D eigenvalue weighted by atomic mass is 9.33. The van der Waals surface area contributed by atoms with Crippen molar-refractivity contribution in [2.24, 2.45) is 50.2 Å². The van der Waals surface area contributed by atoms with Crippen LogP contribution in [0.5, 0.6) is 0 Å². The molecule has 268 valence electrons. The molecule has 0 aromatic carbocycles. The Bertz CT molecular complexity index is 1420. The molecule has 10 heteroatoms. The number of allylic oxidation sites excluding steroid dienone is 2. The van der Waals surface area contributed by atoms with E-state index in [1.165, 1.54) is 33.3 Å². The third-order valence-corrected chi connectivity index (χ3v) is 14.3. The number of carboxylic acids is 1. The van der Waals surface area contributed by atoms with Gasteiger partial charge in [-0.25, -0.2) is 0 Å². The summed E-state index contributed by atoms with van der Waals surface area (Å²) in [6.07, 6.45) is 4.91. The van der Waals surface area contributed by atoms with Crippen LogP contribution in [0.3, 0.4) is 0 Å². The SMILES string of the molecule is CC(=O)OC[C@@]1(C)[C@@H]2CC[C@]3(C)[C@H](CC=C4[C@@H]5CC(C)(C)CC[C@]5(C(=O)O)[C@H](OC(C)=O)C[C@]43C)[C@@]2(C)C[C@H](OC(C)=O)[C@@H]1OC(C)=O. The smallest absolute Gasteiger partial charge is 0.314 e. The second-order valence-electron chi connectivity index (χ2n) is 17.5. The summed E-state index contributed by atoms with van der Waals surface area (Å²) in [5, 5.41) is 10.9. The molecule has 0 heterocycles. The van der Waals surface area contributed by atoms with Gasteiger partial charge in [-0.3, -0.25) is 24.0 Å². The molecule has 5 aliphatic rings. The molecule has 0 bridgehead atoms. The highest BCUT2D eigenvalue weighted by Gasteiger charge is 2.73. The van der Waals surface area contributed by atoms with Crippen LogP contribution in [0.4, 0.5) is 0 Å². The van der Waals surface area contributed by atoms with E-state index in [4.69, 9.17) is 18.9 Å². The molecule has 4 saturated carbocycles. The standard InChI is InChI=1S/C38H56O10/c1-21(39)45-20-35(8)28-13-14-36(9)29(34(28,7)18-27(46-22(2)40)31(35)48-24(4)42)12-11-25-26-17-33(5,6)15-16-38(26,32(43)44)30(47-23(3)41)19-37(25,36)10/h11,26-31H,12-20H2,1-10H3,(H,43,44)/t26-,27-,28+,29+,30+,31-,34-,35-,36+,37+,38+/m0/s1. The number of aliphatic carboxylic acids is 1.